The van der Waals surface area contributed by atoms with E-state index in [1.54, 1.807) is 18.2 Å². The summed E-state index contributed by atoms with van der Waals surface area (Å²) in [6, 6.07) is 6.28. The van der Waals surface area contributed by atoms with Crippen LogP contribution in [0.5, 0.6) is 0 Å². The van der Waals surface area contributed by atoms with Crippen molar-refractivity contribution in [1.29, 1.82) is 0 Å². The van der Waals surface area contributed by atoms with Crippen LogP contribution in [0.4, 0.5) is 20.2 Å². The quantitative estimate of drug-likeness (QED) is 0.434. The second-order valence-corrected chi connectivity index (χ2v) is 10.5. The maximum Gasteiger partial charge on any atom is 0.251 e. The van der Waals surface area contributed by atoms with Crippen LogP contribution in [-0.2, 0) is 17.6 Å². The van der Waals surface area contributed by atoms with Gasteiger partial charge in [-0.25, -0.2) is 4.39 Å². The summed E-state index contributed by atoms with van der Waals surface area (Å²) >= 11 is 3.88. The first kappa shape index (κ1) is 21.7. The zero-order chi connectivity index (χ0) is 22.0. The molecule has 0 radical (unpaired) electrons. The highest BCUT2D eigenvalue weighted by Crippen LogP contribution is 2.39. The fourth-order valence-corrected chi connectivity index (χ4v) is 6.38. The fourth-order valence-electron chi connectivity index (χ4n) is 3.39. The van der Waals surface area contributed by atoms with Gasteiger partial charge in [-0.15, -0.1) is 21.5 Å². The van der Waals surface area contributed by atoms with Crippen LogP contribution in [0.2, 0.25) is 0 Å². The third kappa shape index (κ3) is 5.05. The number of aromatic nitrogens is 2. The number of para-hydroxylation sites is 1. The van der Waals surface area contributed by atoms with Gasteiger partial charge in [0.2, 0.25) is 11.0 Å². The summed E-state index contributed by atoms with van der Waals surface area (Å²) in [4.78, 5) is 25.6. The minimum Gasteiger partial charge on any atom is -0.365 e. The summed E-state index contributed by atoms with van der Waals surface area (Å²) in [6.45, 7) is 2.18. The number of hydrogen-bond acceptors (Lipinski definition) is 8. The van der Waals surface area contributed by atoms with Gasteiger partial charge in [0.15, 0.2) is 4.34 Å². The normalized spacial score (nSPS) is 15.4. The lowest BCUT2D eigenvalue weighted by molar-refractivity contribution is -0.113. The first-order chi connectivity index (χ1) is 14.9. The van der Waals surface area contributed by atoms with Crippen LogP contribution in [0.15, 0.2) is 28.6 Å². The predicted octanol–water partition coefficient (Wildman–Crippen LogP) is 4.44. The number of nitrogens with zero attached hydrogens (tertiary/aromatic N) is 2. The number of nitrogens with two attached hydrogens (primary N) is 1. The molecule has 31 heavy (non-hydrogen) atoms. The zero-order valence-corrected chi connectivity index (χ0v) is 19.1. The minimum atomic E-state index is -0.511. The Hall–Kier alpha value is -2.50. The molecular formula is C20H20FN5O2S3. The first-order valence-corrected chi connectivity index (χ1v) is 12.2. The molecule has 162 valence electrons. The summed E-state index contributed by atoms with van der Waals surface area (Å²) in [5.41, 5.74) is 7.32. The molecule has 1 atom stereocenters. The maximum atomic E-state index is 13.7. The van der Waals surface area contributed by atoms with Gasteiger partial charge in [0.25, 0.3) is 5.91 Å². The Morgan fingerprint density at radius 1 is 1.29 bits per heavy atom. The van der Waals surface area contributed by atoms with Gasteiger partial charge in [-0.1, -0.05) is 42.2 Å². The number of nitrogens with one attached hydrogen (secondary N) is 2. The summed E-state index contributed by atoms with van der Waals surface area (Å²) in [7, 11) is 0. The van der Waals surface area contributed by atoms with Gasteiger partial charge in [0.05, 0.1) is 17.0 Å². The van der Waals surface area contributed by atoms with Crippen LogP contribution in [0.3, 0.4) is 0 Å². The van der Waals surface area contributed by atoms with Crippen molar-refractivity contribution in [3.8, 4) is 0 Å². The molecule has 0 fully saturated rings. The lowest BCUT2D eigenvalue weighted by Gasteiger charge is -2.18. The second-order valence-electron chi connectivity index (χ2n) is 7.23. The van der Waals surface area contributed by atoms with Crippen molar-refractivity contribution in [2.45, 2.75) is 30.5 Å². The summed E-state index contributed by atoms with van der Waals surface area (Å²) in [5, 5.41) is 14.7. The van der Waals surface area contributed by atoms with Crippen LogP contribution >= 0.6 is 34.4 Å². The van der Waals surface area contributed by atoms with Gasteiger partial charge in [-0.2, -0.15) is 0 Å². The van der Waals surface area contributed by atoms with Crippen LogP contribution < -0.4 is 16.4 Å². The molecule has 1 aliphatic carbocycles. The number of thiophene rings is 1. The Morgan fingerprint density at radius 3 is 2.87 bits per heavy atom. The van der Waals surface area contributed by atoms with E-state index in [0.717, 1.165) is 29.7 Å². The highest BCUT2D eigenvalue weighted by molar-refractivity contribution is 8.01. The van der Waals surface area contributed by atoms with Crippen LogP contribution in [-0.4, -0.2) is 27.8 Å². The molecule has 0 saturated heterocycles. The summed E-state index contributed by atoms with van der Waals surface area (Å²) < 4.78 is 14.3. The number of carbonyl (C=O) groups is 2. The topological polar surface area (TPSA) is 110 Å². The highest BCUT2D eigenvalue weighted by atomic mass is 32.2. The second kappa shape index (κ2) is 9.33. The van der Waals surface area contributed by atoms with Crippen molar-refractivity contribution in [3.05, 3.63) is 46.1 Å². The van der Waals surface area contributed by atoms with Crippen molar-refractivity contribution in [3.63, 3.8) is 0 Å². The lowest BCUT2D eigenvalue weighted by atomic mass is 9.88. The van der Waals surface area contributed by atoms with E-state index in [9.17, 15) is 14.0 Å². The fraction of sp³-hybridized carbons (Fsp3) is 0.300. The molecule has 0 saturated carbocycles. The number of halogens is 1. The van der Waals surface area contributed by atoms with E-state index < -0.39 is 5.91 Å². The number of anilines is 3. The summed E-state index contributed by atoms with van der Waals surface area (Å²) in [5.74, 6) is -0.494. The number of hydrogen-bond donors (Lipinski definition) is 3. The molecule has 2 aromatic heterocycles. The average molecular weight is 478 g/mol. The van der Waals surface area contributed by atoms with Crippen molar-refractivity contribution < 1.29 is 14.0 Å². The Balaban J connectivity index is 1.38. The van der Waals surface area contributed by atoms with Crippen molar-refractivity contribution >= 4 is 62.1 Å². The predicted molar refractivity (Wildman–Crippen MR) is 123 cm³/mol. The van der Waals surface area contributed by atoms with Gasteiger partial charge in [0, 0.05) is 4.88 Å². The average Bonchev–Trinajstić information content (AvgIpc) is 3.31. The van der Waals surface area contributed by atoms with Gasteiger partial charge < -0.3 is 16.4 Å². The number of thioether (sulfide) groups is 1. The molecule has 7 nitrogen and oxygen atoms in total. The lowest BCUT2D eigenvalue weighted by Crippen LogP contribution is -2.20. The molecule has 2 amide bonds. The van der Waals surface area contributed by atoms with E-state index >= 15 is 0 Å². The third-order valence-electron chi connectivity index (χ3n) is 4.86. The van der Waals surface area contributed by atoms with E-state index in [2.05, 4.69) is 27.8 Å². The molecular weight excluding hydrogens is 457 g/mol. The molecule has 0 aliphatic heterocycles. The molecule has 0 unspecified atom stereocenters. The zero-order valence-electron chi connectivity index (χ0n) is 16.6. The van der Waals surface area contributed by atoms with Crippen LogP contribution in [0.1, 0.15) is 34.1 Å². The number of carbonyl (C=O) groups excluding carboxylic acids is 2. The smallest absolute Gasteiger partial charge is 0.251 e. The van der Waals surface area contributed by atoms with E-state index in [1.165, 1.54) is 40.5 Å². The molecule has 11 heteroatoms. The van der Waals surface area contributed by atoms with Crippen molar-refractivity contribution in [2.24, 2.45) is 11.7 Å². The van der Waals surface area contributed by atoms with E-state index in [-0.39, 0.29) is 17.5 Å². The Bertz CT molecular complexity index is 1130. The molecule has 4 N–H and O–H groups in total. The molecule has 0 bridgehead atoms. The van der Waals surface area contributed by atoms with Crippen LogP contribution in [0, 0.1) is 11.7 Å². The molecule has 0 spiro atoms. The largest absolute Gasteiger partial charge is 0.365 e. The van der Waals surface area contributed by atoms with Crippen LogP contribution in [0.25, 0.3) is 0 Å². The standard InChI is InChI=1S/C20H20FN5O2S3/c1-10-6-7-11-14(8-10)30-18(16(11)17(22)28)24-15(27)9-29-20-26-25-19(31-20)23-13-5-3-2-4-12(13)21/h2-5,10H,6-9H2,1H3,(H2,22,28)(H,23,25)(H,24,27)/t10-/m0/s1. The van der Waals surface area contributed by atoms with Gasteiger partial charge in [-0.05, 0) is 42.9 Å². The van der Waals surface area contributed by atoms with E-state index in [1.807, 2.05) is 0 Å². The maximum absolute atomic E-state index is 13.7. The SMILES string of the molecule is C[C@H]1CCc2c(sc(NC(=O)CSc3nnc(Nc4ccccc4F)s3)c2C(N)=O)C1. The number of amides is 2. The first-order valence-electron chi connectivity index (χ1n) is 9.62. The van der Waals surface area contributed by atoms with E-state index in [0.29, 0.717) is 31.6 Å². The van der Waals surface area contributed by atoms with Gasteiger partial charge in [-0.3, -0.25) is 9.59 Å². The van der Waals surface area contributed by atoms with Crippen molar-refractivity contribution in [2.75, 3.05) is 16.4 Å². The number of rotatable bonds is 7. The van der Waals surface area contributed by atoms with E-state index in [4.69, 9.17) is 5.73 Å². The molecule has 1 aliphatic rings. The van der Waals surface area contributed by atoms with Crippen molar-refractivity contribution in [1.82, 2.24) is 10.2 Å². The Labute approximate surface area is 190 Å². The third-order valence-corrected chi connectivity index (χ3v) is 8.00. The number of benzene rings is 1. The molecule has 2 heterocycles. The highest BCUT2D eigenvalue weighted by Gasteiger charge is 2.27. The molecule has 4 rings (SSSR count). The molecule has 3 aromatic rings. The molecule has 1 aromatic carbocycles. The number of fused-ring (bicyclic) bond motifs is 1. The van der Waals surface area contributed by atoms with Gasteiger partial charge >= 0.3 is 0 Å². The summed E-state index contributed by atoms with van der Waals surface area (Å²) in [6.07, 6.45) is 2.71. The Morgan fingerprint density at radius 2 is 2.10 bits per heavy atom. The minimum absolute atomic E-state index is 0.103. The number of primary amides is 1. The van der Waals surface area contributed by atoms with Gasteiger partial charge in [0.1, 0.15) is 10.8 Å². The Kier molecular flexibility index (Phi) is 6.54. The monoisotopic (exact) mass is 477 g/mol.